The van der Waals surface area contributed by atoms with E-state index in [-0.39, 0.29) is 5.92 Å². The number of hydrogen-bond acceptors (Lipinski definition) is 5. The predicted octanol–water partition coefficient (Wildman–Crippen LogP) is 2.42. The van der Waals surface area contributed by atoms with Crippen LogP contribution in [-0.4, -0.2) is 71.5 Å². The van der Waals surface area contributed by atoms with Crippen LogP contribution in [0.2, 0.25) is 0 Å². The van der Waals surface area contributed by atoms with Crippen molar-refractivity contribution in [1.29, 1.82) is 0 Å². The maximum atomic E-state index is 13.2. The molecule has 0 N–H and O–H groups in total. The van der Waals surface area contributed by atoms with Gasteiger partial charge in [-0.05, 0) is 63.6 Å². The Morgan fingerprint density at radius 2 is 1.85 bits per heavy atom. The summed E-state index contributed by atoms with van der Waals surface area (Å²) in [5, 5.41) is 0. The van der Waals surface area contributed by atoms with E-state index in [1.807, 2.05) is 18.0 Å². The van der Waals surface area contributed by atoms with Crippen molar-refractivity contribution < 1.29 is 4.79 Å². The smallest absolute Gasteiger partial charge is 0.227 e. The molecule has 3 aliphatic rings. The molecule has 1 amide bonds. The van der Waals surface area contributed by atoms with Crippen LogP contribution in [0.3, 0.4) is 0 Å². The van der Waals surface area contributed by atoms with Gasteiger partial charge in [-0.25, -0.2) is 9.97 Å². The summed E-state index contributed by atoms with van der Waals surface area (Å²) in [4.78, 5) is 28.8. The largest absolute Gasteiger partial charge is 0.345 e. The lowest BCUT2D eigenvalue weighted by Crippen LogP contribution is -2.52. The zero-order valence-corrected chi connectivity index (χ0v) is 16.6. The highest BCUT2D eigenvalue weighted by Gasteiger charge is 2.35. The minimum absolute atomic E-state index is 0.0682. The molecule has 1 aromatic rings. The van der Waals surface area contributed by atoms with Crippen LogP contribution in [-0.2, 0) is 4.79 Å². The summed E-state index contributed by atoms with van der Waals surface area (Å²) in [5.41, 5.74) is 0. The van der Waals surface area contributed by atoms with Crippen LogP contribution in [0.1, 0.15) is 44.9 Å². The third-order valence-corrected chi connectivity index (χ3v) is 6.72. The molecule has 4 heterocycles. The first-order valence-electron chi connectivity index (χ1n) is 10.7. The van der Waals surface area contributed by atoms with Gasteiger partial charge in [-0.2, -0.15) is 0 Å². The number of aromatic nitrogens is 2. The summed E-state index contributed by atoms with van der Waals surface area (Å²) in [6.07, 6.45) is 12.1. The molecule has 0 aliphatic carbocycles. The van der Waals surface area contributed by atoms with Crippen molar-refractivity contribution in [1.82, 2.24) is 19.8 Å². The van der Waals surface area contributed by atoms with Gasteiger partial charge in [0.25, 0.3) is 0 Å². The van der Waals surface area contributed by atoms with Gasteiger partial charge in [0.05, 0.1) is 5.92 Å². The molecule has 0 unspecified atom stereocenters. The summed E-state index contributed by atoms with van der Waals surface area (Å²) in [6.45, 7) is 5.11. The van der Waals surface area contributed by atoms with Crippen LogP contribution in [0.5, 0.6) is 0 Å². The van der Waals surface area contributed by atoms with Crippen molar-refractivity contribution >= 4 is 11.9 Å². The number of fused-ring (bicyclic) bond motifs is 1. The molecule has 3 fully saturated rings. The molecule has 27 heavy (non-hydrogen) atoms. The molecule has 0 spiro atoms. The lowest BCUT2D eigenvalue weighted by Gasteiger charge is -2.45. The van der Waals surface area contributed by atoms with E-state index in [0.717, 1.165) is 38.4 Å². The molecular weight excluding hydrogens is 338 g/mol. The van der Waals surface area contributed by atoms with Gasteiger partial charge in [0.1, 0.15) is 0 Å². The first kappa shape index (κ1) is 18.7. The highest BCUT2D eigenvalue weighted by molar-refractivity contribution is 5.79. The van der Waals surface area contributed by atoms with Gasteiger partial charge in [0.15, 0.2) is 0 Å². The highest BCUT2D eigenvalue weighted by atomic mass is 16.2. The molecule has 0 radical (unpaired) electrons. The fourth-order valence-corrected chi connectivity index (χ4v) is 5.36. The number of carbonyl (C=O) groups is 1. The van der Waals surface area contributed by atoms with E-state index < -0.39 is 0 Å². The van der Waals surface area contributed by atoms with Crippen molar-refractivity contribution in [3.63, 3.8) is 0 Å². The third-order valence-electron chi connectivity index (χ3n) is 6.72. The van der Waals surface area contributed by atoms with Gasteiger partial charge in [-0.15, -0.1) is 0 Å². The van der Waals surface area contributed by atoms with Crippen LogP contribution in [0.25, 0.3) is 0 Å². The van der Waals surface area contributed by atoms with Gasteiger partial charge >= 0.3 is 0 Å². The molecule has 6 heteroatoms. The third kappa shape index (κ3) is 4.26. The van der Waals surface area contributed by atoms with Crippen molar-refractivity contribution in [3.05, 3.63) is 18.5 Å². The first-order valence-corrected chi connectivity index (χ1v) is 10.7. The van der Waals surface area contributed by atoms with E-state index in [1.54, 1.807) is 12.4 Å². The minimum Gasteiger partial charge on any atom is -0.345 e. The van der Waals surface area contributed by atoms with Gasteiger partial charge < -0.3 is 14.7 Å². The zero-order chi connectivity index (χ0) is 18.6. The molecule has 3 aliphatic heterocycles. The second-order valence-electron chi connectivity index (χ2n) is 8.55. The van der Waals surface area contributed by atoms with Crippen molar-refractivity contribution in [2.75, 3.05) is 44.7 Å². The second kappa shape index (κ2) is 8.55. The topological polar surface area (TPSA) is 52.6 Å². The van der Waals surface area contributed by atoms with Gasteiger partial charge in [0, 0.05) is 45.1 Å². The maximum Gasteiger partial charge on any atom is 0.227 e. The van der Waals surface area contributed by atoms with Crippen molar-refractivity contribution in [3.8, 4) is 0 Å². The molecule has 6 nitrogen and oxygen atoms in total. The predicted molar refractivity (Wildman–Crippen MR) is 107 cm³/mol. The van der Waals surface area contributed by atoms with Crippen LogP contribution in [0.15, 0.2) is 18.5 Å². The Labute approximate surface area is 162 Å². The molecule has 0 bridgehead atoms. The molecule has 4 rings (SSSR count). The Hall–Kier alpha value is -1.69. The van der Waals surface area contributed by atoms with Crippen molar-refractivity contribution in [2.24, 2.45) is 11.8 Å². The molecule has 148 valence electrons. The fourth-order valence-electron chi connectivity index (χ4n) is 5.36. The molecular formula is C21H33N5O. The SMILES string of the molecule is CN(C[C@@H]1CCCN2CCCC[C@H]12)C(=O)[C@H]1CCCN(c2ncccn2)C1. The Kier molecular flexibility index (Phi) is 5.91. The van der Waals surface area contributed by atoms with E-state index in [9.17, 15) is 4.79 Å². The van der Waals surface area contributed by atoms with Gasteiger partial charge in [-0.3, -0.25) is 4.79 Å². The summed E-state index contributed by atoms with van der Waals surface area (Å²) in [7, 11) is 2.02. The fraction of sp³-hybridized carbons (Fsp3) is 0.762. The standard InChI is InChI=1S/C21H33N5O/c1-24(15-17-7-4-13-25-12-3-2-9-19(17)25)20(27)18-8-5-14-26(16-18)21-22-10-6-11-23-21/h6,10-11,17-19H,2-5,7-9,12-16H2,1H3/t17-,18-,19+/m0/s1. The monoisotopic (exact) mass is 371 g/mol. The molecule has 1 aromatic heterocycles. The summed E-state index contributed by atoms with van der Waals surface area (Å²) in [6, 6.07) is 2.53. The Balaban J connectivity index is 1.35. The molecule has 0 aromatic carbocycles. The quantitative estimate of drug-likeness (QED) is 0.814. The van der Waals surface area contributed by atoms with Gasteiger partial charge in [0.2, 0.25) is 11.9 Å². The molecule has 0 saturated carbocycles. The van der Waals surface area contributed by atoms with E-state index in [1.165, 1.54) is 45.2 Å². The van der Waals surface area contributed by atoms with Gasteiger partial charge in [-0.1, -0.05) is 6.42 Å². The zero-order valence-electron chi connectivity index (χ0n) is 16.6. The average Bonchev–Trinajstić information content (AvgIpc) is 2.74. The summed E-state index contributed by atoms with van der Waals surface area (Å²) < 4.78 is 0. The number of hydrogen-bond donors (Lipinski definition) is 0. The Bertz CT molecular complexity index is 622. The molecule has 3 atom stereocenters. The summed E-state index contributed by atoms with van der Waals surface area (Å²) >= 11 is 0. The maximum absolute atomic E-state index is 13.2. The summed E-state index contributed by atoms with van der Waals surface area (Å²) in [5.74, 6) is 1.77. The number of anilines is 1. The average molecular weight is 372 g/mol. The number of nitrogens with zero attached hydrogens (tertiary/aromatic N) is 5. The number of rotatable bonds is 4. The van der Waals surface area contributed by atoms with Crippen LogP contribution in [0.4, 0.5) is 5.95 Å². The minimum atomic E-state index is 0.0682. The van der Waals surface area contributed by atoms with Crippen LogP contribution in [0, 0.1) is 11.8 Å². The normalized spacial score (nSPS) is 29.2. The van der Waals surface area contributed by atoms with E-state index in [2.05, 4.69) is 19.8 Å². The Morgan fingerprint density at radius 1 is 1.07 bits per heavy atom. The Morgan fingerprint density at radius 3 is 2.70 bits per heavy atom. The van der Waals surface area contributed by atoms with Crippen LogP contribution >= 0.6 is 0 Å². The first-order chi connectivity index (χ1) is 13.2. The second-order valence-corrected chi connectivity index (χ2v) is 8.55. The highest BCUT2D eigenvalue weighted by Crippen LogP contribution is 2.32. The number of carbonyl (C=O) groups excluding carboxylic acids is 1. The van der Waals surface area contributed by atoms with Crippen molar-refractivity contribution in [2.45, 2.75) is 51.0 Å². The van der Waals surface area contributed by atoms with Crippen LogP contribution < -0.4 is 4.90 Å². The van der Waals surface area contributed by atoms with E-state index in [0.29, 0.717) is 17.9 Å². The van der Waals surface area contributed by atoms with E-state index in [4.69, 9.17) is 0 Å². The van der Waals surface area contributed by atoms with E-state index >= 15 is 0 Å². The number of piperidine rings is 3. The molecule has 3 saturated heterocycles. The lowest BCUT2D eigenvalue weighted by molar-refractivity contribution is -0.135. The number of amides is 1. The lowest BCUT2D eigenvalue weighted by atomic mass is 9.83.